The molecule has 0 bridgehead atoms. The molecule has 1 aromatic carbocycles. The molecule has 3 N–H and O–H groups in total. The van der Waals surface area contributed by atoms with E-state index in [9.17, 15) is 0 Å². The van der Waals surface area contributed by atoms with E-state index in [2.05, 4.69) is 36.2 Å². The first-order valence-corrected chi connectivity index (χ1v) is 7.00. The molecule has 0 fully saturated rings. The minimum Gasteiger partial charge on any atom is -0.496 e. The first-order chi connectivity index (χ1) is 9.58. The number of nitrogens with one attached hydrogen (secondary N) is 1. The quantitative estimate of drug-likeness (QED) is 0.880. The molecule has 0 aliphatic carbocycles. The maximum atomic E-state index is 5.70. The smallest absolute Gasteiger partial charge is 0.122 e. The number of nitrogens with two attached hydrogens (primary N) is 1. The van der Waals surface area contributed by atoms with Crippen LogP contribution in [0.25, 0.3) is 11.3 Å². The van der Waals surface area contributed by atoms with E-state index in [0.29, 0.717) is 12.5 Å². The fourth-order valence-electron chi connectivity index (χ4n) is 2.47. The van der Waals surface area contributed by atoms with Crippen molar-refractivity contribution in [1.82, 2.24) is 10.2 Å². The normalized spacial score (nSPS) is 11.1. The van der Waals surface area contributed by atoms with Crippen LogP contribution in [0.4, 0.5) is 0 Å². The molecule has 0 unspecified atom stereocenters. The molecule has 0 atom stereocenters. The molecule has 0 amide bonds. The third kappa shape index (κ3) is 2.70. The predicted molar refractivity (Wildman–Crippen MR) is 82.2 cm³/mol. The molecular weight excluding hydrogens is 250 g/mol. The Labute approximate surface area is 120 Å². The van der Waals surface area contributed by atoms with Gasteiger partial charge in [0.15, 0.2) is 0 Å². The number of nitrogens with zero attached hydrogens (tertiary/aromatic N) is 1. The molecule has 108 valence electrons. The highest BCUT2D eigenvalue weighted by molar-refractivity contribution is 5.66. The van der Waals surface area contributed by atoms with Gasteiger partial charge in [0.05, 0.1) is 12.8 Å². The Balaban J connectivity index is 2.50. The van der Waals surface area contributed by atoms with Gasteiger partial charge in [-0.25, -0.2) is 0 Å². The zero-order chi connectivity index (χ0) is 14.7. The van der Waals surface area contributed by atoms with Crippen LogP contribution in [-0.2, 0) is 6.42 Å². The highest BCUT2D eigenvalue weighted by atomic mass is 16.5. The number of aromatic amines is 1. The number of ether oxygens (including phenoxy) is 1. The van der Waals surface area contributed by atoms with E-state index in [0.717, 1.165) is 29.1 Å². The molecule has 0 saturated heterocycles. The van der Waals surface area contributed by atoms with Crippen LogP contribution in [0.3, 0.4) is 0 Å². The minimum atomic E-state index is 0.405. The summed E-state index contributed by atoms with van der Waals surface area (Å²) in [7, 11) is 1.71. The van der Waals surface area contributed by atoms with Crippen LogP contribution in [0.5, 0.6) is 5.75 Å². The van der Waals surface area contributed by atoms with Crippen molar-refractivity contribution < 1.29 is 4.74 Å². The van der Waals surface area contributed by atoms with Gasteiger partial charge in [0.1, 0.15) is 5.75 Å². The SMILES string of the molecule is COc1ccc(-c2n[nH]c(C)c2CCN)cc1C(C)C. The van der Waals surface area contributed by atoms with E-state index in [1.165, 1.54) is 11.1 Å². The van der Waals surface area contributed by atoms with Crippen LogP contribution in [-0.4, -0.2) is 23.9 Å². The molecule has 2 rings (SSSR count). The Morgan fingerprint density at radius 2 is 2.10 bits per heavy atom. The van der Waals surface area contributed by atoms with Gasteiger partial charge >= 0.3 is 0 Å². The number of benzene rings is 1. The lowest BCUT2D eigenvalue weighted by Gasteiger charge is -2.13. The summed E-state index contributed by atoms with van der Waals surface area (Å²) in [6.07, 6.45) is 0.834. The van der Waals surface area contributed by atoms with Crippen LogP contribution in [0.1, 0.15) is 36.6 Å². The van der Waals surface area contributed by atoms with Crippen molar-refractivity contribution in [3.63, 3.8) is 0 Å². The molecule has 2 aromatic rings. The molecule has 0 saturated carbocycles. The maximum absolute atomic E-state index is 5.70. The molecule has 0 aliphatic rings. The number of methoxy groups -OCH3 is 1. The number of hydrogen-bond acceptors (Lipinski definition) is 3. The van der Waals surface area contributed by atoms with E-state index in [1.54, 1.807) is 7.11 Å². The number of aromatic nitrogens is 2. The highest BCUT2D eigenvalue weighted by Gasteiger charge is 2.15. The van der Waals surface area contributed by atoms with Crippen molar-refractivity contribution in [3.8, 4) is 17.0 Å². The van der Waals surface area contributed by atoms with Gasteiger partial charge in [-0.05, 0) is 49.6 Å². The number of H-pyrrole nitrogens is 1. The fourth-order valence-corrected chi connectivity index (χ4v) is 2.47. The fraction of sp³-hybridized carbons (Fsp3) is 0.438. The van der Waals surface area contributed by atoms with E-state index in [-0.39, 0.29) is 0 Å². The Morgan fingerprint density at radius 1 is 1.35 bits per heavy atom. The molecular formula is C16H23N3O. The highest BCUT2D eigenvalue weighted by Crippen LogP contribution is 2.32. The number of hydrogen-bond donors (Lipinski definition) is 2. The summed E-state index contributed by atoms with van der Waals surface area (Å²) in [5, 5.41) is 7.50. The Hall–Kier alpha value is -1.81. The maximum Gasteiger partial charge on any atom is 0.122 e. The lowest BCUT2D eigenvalue weighted by atomic mass is 9.96. The van der Waals surface area contributed by atoms with Crippen molar-refractivity contribution in [3.05, 3.63) is 35.0 Å². The first-order valence-electron chi connectivity index (χ1n) is 7.00. The van der Waals surface area contributed by atoms with Gasteiger partial charge in [-0.3, -0.25) is 5.10 Å². The van der Waals surface area contributed by atoms with E-state index in [1.807, 2.05) is 13.0 Å². The molecule has 4 heteroatoms. The monoisotopic (exact) mass is 273 g/mol. The third-order valence-electron chi connectivity index (χ3n) is 3.59. The van der Waals surface area contributed by atoms with Gasteiger partial charge in [0.25, 0.3) is 0 Å². The second kappa shape index (κ2) is 6.09. The van der Waals surface area contributed by atoms with Gasteiger partial charge < -0.3 is 10.5 Å². The van der Waals surface area contributed by atoms with Crippen molar-refractivity contribution in [2.45, 2.75) is 33.1 Å². The molecule has 1 aromatic heterocycles. The van der Waals surface area contributed by atoms with Gasteiger partial charge in [-0.1, -0.05) is 13.8 Å². The number of aryl methyl sites for hydroxylation is 1. The molecule has 4 nitrogen and oxygen atoms in total. The molecule has 20 heavy (non-hydrogen) atoms. The summed E-state index contributed by atoms with van der Waals surface area (Å²) < 4.78 is 5.43. The molecule has 1 heterocycles. The standard InChI is InChI=1S/C16H23N3O/c1-10(2)14-9-12(5-6-15(14)20-4)16-13(7-8-17)11(3)18-19-16/h5-6,9-10H,7-8,17H2,1-4H3,(H,18,19). The first kappa shape index (κ1) is 14.6. The van der Waals surface area contributed by atoms with Gasteiger partial charge in [0, 0.05) is 16.8 Å². The zero-order valence-electron chi connectivity index (χ0n) is 12.7. The van der Waals surface area contributed by atoms with Crippen molar-refractivity contribution in [1.29, 1.82) is 0 Å². The van der Waals surface area contributed by atoms with Crippen molar-refractivity contribution >= 4 is 0 Å². The molecule has 0 aliphatic heterocycles. The average Bonchev–Trinajstić information content (AvgIpc) is 2.80. The van der Waals surface area contributed by atoms with Gasteiger partial charge in [-0.2, -0.15) is 5.10 Å². The van der Waals surface area contributed by atoms with E-state index in [4.69, 9.17) is 10.5 Å². The average molecular weight is 273 g/mol. The summed E-state index contributed by atoms with van der Waals surface area (Å²) in [5.41, 5.74) is 11.3. The van der Waals surface area contributed by atoms with Crippen LogP contribution >= 0.6 is 0 Å². The predicted octanol–water partition coefficient (Wildman–Crippen LogP) is 3.02. The molecule has 0 spiro atoms. The van der Waals surface area contributed by atoms with Crippen LogP contribution in [0.15, 0.2) is 18.2 Å². The topological polar surface area (TPSA) is 63.9 Å². The summed E-state index contributed by atoms with van der Waals surface area (Å²) >= 11 is 0. The lowest BCUT2D eigenvalue weighted by Crippen LogP contribution is -2.04. The van der Waals surface area contributed by atoms with Crippen LogP contribution in [0, 0.1) is 6.92 Å². The summed E-state index contributed by atoms with van der Waals surface area (Å²) in [5.74, 6) is 1.33. The Morgan fingerprint density at radius 3 is 2.70 bits per heavy atom. The lowest BCUT2D eigenvalue weighted by molar-refractivity contribution is 0.407. The summed E-state index contributed by atoms with van der Waals surface area (Å²) in [4.78, 5) is 0. The Bertz CT molecular complexity index is 587. The third-order valence-corrected chi connectivity index (χ3v) is 3.59. The van der Waals surface area contributed by atoms with Crippen LogP contribution in [0.2, 0.25) is 0 Å². The largest absolute Gasteiger partial charge is 0.496 e. The van der Waals surface area contributed by atoms with Crippen molar-refractivity contribution in [2.75, 3.05) is 13.7 Å². The van der Waals surface area contributed by atoms with Gasteiger partial charge in [0.2, 0.25) is 0 Å². The number of rotatable bonds is 5. The van der Waals surface area contributed by atoms with E-state index >= 15 is 0 Å². The van der Waals surface area contributed by atoms with Gasteiger partial charge in [-0.15, -0.1) is 0 Å². The van der Waals surface area contributed by atoms with E-state index < -0.39 is 0 Å². The second-order valence-electron chi connectivity index (χ2n) is 5.33. The molecule has 0 radical (unpaired) electrons. The zero-order valence-corrected chi connectivity index (χ0v) is 12.7. The Kier molecular flexibility index (Phi) is 4.45. The minimum absolute atomic E-state index is 0.405. The summed E-state index contributed by atoms with van der Waals surface area (Å²) in [6, 6.07) is 6.24. The van der Waals surface area contributed by atoms with Crippen molar-refractivity contribution in [2.24, 2.45) is 5.73 Å². The second-order valence-corrected chi connectivity index (χ2v) is 5.33. The summed E-state index contributed by atoms with van der Waals surface area (Å²) in [6.45, 7) is 6.99. The van der Waals surface area contributed by atoms with Crippen LogP contribution < -0.4 is 10.5 Å².